The molecule has 0 spiro atoms. The highest BCUT2D eigenvalue weighted by Crippen LogP contribution is 2.42. The summed E-state index contributed by atoms with van der Waals surface area (Å²) < 4.78 is 14.5. The normalized spacial score (nSPS) is 12.8. The molecule has 0 aliphatic carbocycles. The van der Waals surface area contributed by atoms with E-state index < -0.39 is 25.9 Å². The van der Waals surface area contributed by atoms with Gasteiger partial charge in [-0.05, 0) is 11.5 Å². The fourth-order valence-corrected chi connectivity index (χ4v) is 4.37. The molecule has 0 N–H and O–H groups in total. The van der Waals surface area contributed by atoms with Gasteiger partial charge < -0.3 is 14.2 Å². The van der Waals surface area contributed by atoms with Crippen molar-refractivity contribution < 1.29 is 28.6 Å². The van der Waals surface area contributed by atoms with Gasteiger partial charge in [-0.15, -0.1) is 0 Å². The Labute approximate surface area is 145 Å². The summed E-state index contributed by atoms with van der Waals surface area (Å²) in [5, 5.41) is 0.961. The number of carbonyl (C=O) groups is 3. The minimum Gasteiger partial charge on any atom is -0.468 e. The summed E-state index contributed by atoms with van der Waals surface area (Å²) in [5.41, 5.74) is 0. The number of hydrogen-bond acceptors (Lipinski definition) is 6. The van der Waals surface area contributed by atoms with E-state index in [1.807, 2.05) is 6.08 Å². The molecule has 0 unspecified atom stereocenters. The molecule has 0 bridgehead atoms. The molecule has 138 valence electrons. The second-order valence-corrected chi connectivity index (χ2v) is 12.6. The molecule has 0 aliphatic rings. The van der Waals surface area contributed by atoms with Crippen molar-refractivity contribution in [2.75, 3.05) is 20.8 Å². The van der Waals surface area contributed by atoms with Gasteiger partial charge in [0.2, 0.25) is 0 Å². The van der Waals surface area contributed by atoms with Crippen LogP contribution in [0.5, 0.6) is 0 Å². The summed E-state index contributed by atoms with van der Waals surface area (Å²) in [6.45, 7) is 12.2. The van der Waals surface area contributed by atoms with Crippen LogP contribution < -0.4 is 0 Å². The largest absolute Gasteiger partial charge is 0.468 e. The van der Waals surface area contributed by atoms with Gasteiger partial charge in [0.1, 0.15) is 6.61 Å². The van der Waals surface area contributed by atoms with E-state index in [0.29, 0.717) is 0 Å². The number of esters is 3. The Morgan fingerprint density at radius 2 is 1.50 bits per heavy atom. The number of methoxy groups -OCH3 is 2. The van der Waals surface area contributed by atoms with Gasteiger partial charge in [0.25, 0.3) is 0 Å². The van der Waals surface area contributed by atoms with Gasteiger partial charge in [-0.25, -0.2) is 0 Å². The van der Waals surface area contributed by atoms with Crippen molar-refractivity contribution in [1.82, 2.24) is 0 Å². The first kappa shape index (κ1) is 22.4. The van der Waals surface area contributed by atoms with E-state index in [-0.39, 0.29) is 24.0 Å². The van der Waals surface area contributed by atoms with Crippen molar-refractivity contribution in [3.05, 3.63) is 11.3 Å². The smallest absolute Gasteiger partial charge is 0.320 e. The van der Waals surface area contributed by atoms with Gasteiger partial charge in [0.15, 0.2) is 5.92 Å². The van der Waals surface area contributed by atoms with Crippen LogP contribution in [0, 0.1) is 5.92 Å². The summed E-state index contributed by atoms with van der Waals surface area (Å²) in [5.74, 6) is -2.64. The van der Waals surface area contributed by atoms with Crippen LogP contribution in [-0.2, 0) is 28.6 Å². The highest BCUT2D eigenvalue weighted by molar-refractivity contribution is 6.86. The van der Waals surface area contributed by atoms with Crippen LogP contribution in [0.1, 0.15) is 34.1 Å². The van der Waals surface area contributed by atoms with Crippen LogP contribution in [0.4, 0.5) is 0 Å². The zero-order valence-electron chi connectivity index (χ0n) is 16.0. The molecule has 0 radical (unpaired) electrons. The van der Waals surface area contributed by atoms with Gasteiger partial charge in [0, 0.05) is 6.92 Å². The molecule has 0 rings (SSSR count). The third-order valence-electron chi connectivity index (χ3n) is 4.69. The molecule has 0 saturated carbocycles. The maximum Gasteiger partial charge on any atom is 0.320 e. The number of rotatable bonds is 7. The lowest BCUT2D eigenvalue weighted by molar-refractivity contribution is -0.158. The maximum atomic E-state index is 12.0. The molecule has 6 nitrogen and oxygen atoms in total. The third-order valence-corrected chi connectivity index (χ3v) is 10.5. The van der Waals surface area contributed by atoms with Crippen LogP contribution in [-0.4, -0.2) is 46.8 Å². The van der Waals surface area contributed by atoms with Crippen molar-refractivity contribution in [3.8, 4) is 0 Å². The molecule has 0 saturated heterocycles. The second-order valence-electron chi connectivity index (χ2n) is 7.21. The van der Waals surface area contributed by atoms with Gasteiger partial charge in [-0.2, -0.15) is 0 Å². The second kappa shape index (κ2) is 9.01. The van der Waals surface area contributed by atoms with Crippen LogP contribution in [0.2, 0.25) is 18.1 Å². The molecule has 24 heavy (non-hydrogen) atoms. The quantitative estimate of drug-likeness (QED) is 0.301. The molecule has 0 fully saturated rings. The Balaban J connectivity index is 5.72. The summed E-state index contributed by atoms with van der Waals surface area (Å²) in [4.78, 5) is 35.0. The van der Waals surface area contributed by atoms with Crippen molar-refractivity contribution in [3.63, 3.8) is 0 Å². The van der Waals surface area contributed by atoms with E-state index >= 15 is 0 Å². The lowest BCUT2D eigenvalue weighted by Crippen LogP contribution is -2.42. The highest BCUT2D eigenvalue weighted by atomic mass is 28.3. The number of hydrogen-bond donors (Lipinski definition) is 0. The molecule has 0 aromatic carbocycles. The van der Waals surface area contributed by atoms with Crippen LogP contribution in [0.3, 0.4) is 0 Å². The third kappa shape index (κ3) is 6.11. The van der Waals surface area contributed by atoms with Gasteiger partial charge >= 0.3 is 17.9 Å². The van der Waals surface area contributed by atoms with E-state index in [9.17, 15) is 14.4 Å². The summed E-state index contributed by atoms with van der Waals surface area (Å²) in [6.07, 6.45) is 2.02. The summed E-state index contributed by atoms with van der Waals surface area (Å²) in [7, 11) is 0.454. The summed E-state index contributed by atoms with van der Waals surface area (Å²) in [6, 6.07) is 0. The van der Waals surface area contributed by atoms with Crippen molar-refractivity contribution in [2.24, 2.45) is 5.92 Å². The molecule has 7 heteroatoms. The molecule has 0 aromatic rings. The fraction of sp³-hybridized carbons (Fsp3) is 0.706. The first-order valence-electron chi connectivity index (χ1n) is 7.87. The van der Waals surface area contributed by atoms with E-state index in [0.717, 1.165) is 5.20 Å². The Morgan fingerprint density at radius 1 is 1.04 bits per heavy atom. The van der Waals surface area contributed by atoms with Crippen LogP contribution >= 0.6 is 0 Å². The number of ether oxygens (including phenoxy) is 3. The van der Waals surface area contributed by atoms with E-state index in [1.165, 1.54) is 21.1 Å². The topological polar surface area (TPSA) is 78.9 Å². The predicted octanol–water partition coefficient (Wildman–Crippen LogP) is 2.88. The standard InChI is InChI=1S/C17H30O6Si/c1-12(18)23-10-9-13(24(7,8)17(2,3)4)11-14(15(19)21-5)16(20)22-6/h9,14H,10-11H2,1-8H3/b13-9+. The Hall–Kier alpha value is -1.63. The molecule has 0 aromatic heterocycles. The van der Waals surface area contributed by atoms with E-state index in [4.69, 9.17) is 14.2 Å². The summed E-state index contributed by atoms with van der Waals surface area (Å²) >= 11 is 0. The van der Waals surface area contributed by atoms with Crippen LogP contribution in [0.15, 0.2) is 11.3 Å². The average molecular weight is 359 g/mol. The number of allylic oxidation sites excluding steroid dienone is 1. The predicted molar refractivity (Wildman–Crippen MR) is 94.1 cm³/mol. The molecular weight excluding hydrogens is 328 g/mol. The van der Waals surface area contributed by atoms with E-state index in [1.54, 1.807) is 0 Å². The minimum absolute atomic E-state index is 0.00809. The molecule has 0 heterocycles. The van der Waals surface area contributed by atoms with Crippen molar-refractivity contribution >= 4 is 26.0 Å². The lowest BCUT2D eigenvalue weighted by atomic mass is 10.1. The first-order valence-corrected chi connectivity index (χ1v) is 10.9. The Morgan fingerprint density at radius 3 is 1.83 bits per heavy atom. The van der Waals surface area contributed by atoms with Gasteiger partial charge in [-0.1, -0.05) is 45.1 Å². The van der Waals surface area contributed by atoms with Gasteiger partial charge in [0.05, 0.1) is 22.3 Å². The maximum absolute atomic E-state index is 12.0. The Kier molecular flexibility index (Phi) is 8.40. The monoisotopic (exact) mass is 358 g/mol. The van der Waals surface area contributed by atoms with Crippen LogP contribution in [0.25, 0.3) is 0 Å². The van der Waals surface area contributed by atoms with E-state index in [2.05, 4.69) is 33.9 Å². The number of carbonyl (C=O) groups excluding carboxylic acids is 3. The van der Waals surface area contributed by atoms with Gasteiger partial charge in [-0.3, -0.25) is 14.4 Å². The SMILES string of the molecule is COC(=O)C(C/C(=C\COC(C)=O)[Si](C)(C)C(C)(C)C)C(=O)OC. The minimum atomic E-state index is -2.03. The lowest BCUT2D eigenvalue weighted by Gasteiger charge is -2.40. The molecule has 0 atom stereocenters. The first-order chi connectivity index (χ1) is 10.9. The Bertz CT molecular complexity index is 486. The molecular formula is C17H30O6Si. The fourth-order valence-electron chi connectivity index (χ4n) is 2.10. The molecule has 0 amide bonds. The average Bonchev–Trinajstić information content (AvgIpc) is 2.47. The highest BCUT2D eigenvalue weighted by Gasteiger charge is 2.41. The molecule has 0 aliphatic heterocycles. The van der Waals surface area contributed by atoms with Crippen molar-refractivity contribution in [2.45, 2.75) is 52.2 Å². The zero-order valence-corrected chi connectivity index (χ0v) is 17.0. The van der Waals surface area contributed by atoms with Crippen molar-refractivity contribution in [1.29, 1.82) is 0 Å². The zero-order chi connectivity index (χ0) is 19.1.